The van der Waals surface area contributed by atoms with Gasteiger partial charge in [0.25, 0.3) is 11.6 Å². The molecule has 0 fully saturated rings. The topological polar surface area (TPSA) is 142 Å². The number of carbonyl (C=O) groups excluding carboxylic acids is 2. The number of nitrogens with zero attached hydrogens (tertiary/aromatic N) is 5. The summed E-state index contributed by atoms with van der Waals surface area (Å²) in [6.45, 7) is 1.08. The van der Waals surface area contributed by atoms with Gasteiger partial charge in [-0.15, -0.1) is 5.10 Å². The van der Waals surface area contributed by atoms with E-state index in [1.807, 2.05) is 0 Å². The summed E-state index contributed by atoms with van der Waals surface area (Å²) in [6.07, 6.45) is 0. The van der Waals surface area contributed by atoms with E-state index in [0.717, 1.165) is 17.8 Å². The van der Waals surface area contributed by atoms with Crippen LogP contribution in [0.5, 0.6) is 0 Å². The van der Waals surface area contributed by atoms with Crippen molar-refractivity contribution < 1.29 is 23.6 Å². The van der Waals surface area contributed by atoms with E-state index in [1.54, 1.807) is 14.0 Å². The molecule has 11 nitrogen and oxygen atoms in total. The van der Waals surface area contributed by atoms with E-state index in [4.69, 9.17) is 4.74 Å². The highest BCUT2D eigenvalue weighted by Gasteiger charge is 2.21. The van der Waals surface area contributed by atoms with Crippen molar-refractivity contribution in [3.63, 3.8) is 0 Å². The zero-order chi connectivity index (χ0) is 23.3. The van der Waals surface area contributed by atoms with Gasteiger partial charge < -0.3 is 10.1 Å². The van der Waals surface area contributed by atoms with E-state index in [0.29, 0.717) is 15.6 Å². The Hall–Kier alpha value is -3.87. The Bertz CT molecular complexity index is 1150. The maximum absolute atomic E-state index is 13.0. The number of amides is 1. The number of esters is 1. The number of rotatable bonds is 8. The first kappa shape index (κ1) is 22.8. The van der Waals surface area contributed by atoms with Gasteiger partial charge >= 0.3 is 5.97 Å². The zero-order valence-electron chi connectivity index (χ0n) is 16.9. The van der Waals surface area contributed by atoms with Crippen LogP contribution in [-0.2, 0) is 16.6 Å². The van der Waals surface area contributed by atoms with Crippen molar-refractivity contribution in [3.05, 3.63) is 69.5 Å². The number of non-ortho nitro benzene ring substituents is 1. The molecule has 0 radical (unpaired) electrons. The van der Waals surface area contributed by atoms with E-state index in [-0.39, 0.29) is 11.3 Å². The second kappa shape index (κ2) is 9.96. The summed E-state index contributed by atoms with van der Waals surface area (Å²) >= 11 is 1.01. The Morgan fingerprint density at radius 1 is 1.28 bits per heavy atom. The van der Waals surface area contributed by atoms with Gasteiger partial charge in [-0.25, -0.2) is 13.9 Å². The van der Waals surface area contributed by atoms with Crippen LogP contribution in [0.3, 0.4) is 0 Å². The first-order valence-corrected chi connectivity index (χ1v) is 9.97. The molecule has 1 aromatic heterocycles. The number of aromatic nitrogens is 4. The van der Waals surface area contributed by atoms with Crippen molar-refractivity contribution in [2.24, 2.45) is 7.05 Å². The predicted molar refractivity (Wildman–Crippen MR) is 109 cm³/mol. The highest BCUT2D eigenvalue weighted by Crippen LogP contribution is 2.31. The summed E-state index contributed by atoms with van der Waals surface area (Å²) in [5.41, 5.74) is 0.249. The molecule has 0 bridgehead atoms. The van der Waals surface area contributed by atoms with Crippen molar-refractivity contribution in [3.8, 4) is 0 Å². The number of ether oxygens (including phenoxy) is 1. The molecule has 0 aliphatic carbocycles. The Morgan fingerprint density at radius 2 is 2.00 bits per heavy atom. The van der Waals surface area contributed by atoms with E-state index in [2.05, 4.69) is 20.8 Å². The average molecular weight is 460 g/mol. The van der Waals surface area contributed by atoms with Gasteiger partial charge in [-0.3, -0.25) is 14.9 Å². The van der Waals surface area contributed by atoms with Crippen LogP contribution in [0.1, 0.15) is 28.9 Å². The molecular formula is C19H17FN6O5S. The summed E-state index contributed by atoms with van der Waals surface area (Å²) in [6, 6.07) is 8.82. The van der Waals surface area contributed by atoms with Crippen molar-refractivity contribution in [2.75, 3.05) is 6.61 Å². The Kier molecular flexibility index (Phi) is 7.10. The van der Waals surface area contributed by atoms with Crippen LogP contribution in [0.4, 0.5) is 10.1 Å². The number of tetrazole rings is 1. The van der Waals surface area contributed by atoms with Gasteiger partial charge in [0.15, 0.2) is 6.61 Å². The van der Waals surface area contributed by atoms with Crippen LogP contribution in [0.25, 0.3) is 0 Å². The highest BCUT2D eigenvalue weighted by molar-refractivity contribution is 7.99. The molecule has 13 heteroatoms. The standard InChI is InChI=1S/C19H17FN6O5S/c1-11(12-3-5-13(20)6-4-12)21-17(27)10-31-18(28)15-9-14(26(29)30)7-8-16(15)32-19-22-23-24-25(19)2/h3-9,11H,10H2,1-2H3,(H,21,27)/t11-/m1/s1. The maximum Gasteiger partial charge on any atom is 0.340 e. The molecule has 1 atom stereocenters. The summed E-state index contributed by atoms with van der Waals surface area (Å²) < 4.78 is 19.5. The van der Waals surface area contributed by atoms with Crippen LogP contribution in [0.2, 0.25) is 0 Å². The minimum absolute atomic E-state index is 0.105. The fourth-order valence-electron chi connectivity index (χ4n) is 2.61. The monoisotopic (exact) mass is 460 g/mol. The summed E-state index contributed by atoms with van der Waals surface area (Å²) in [7, 11) is 1.60. The van der Waals surface area contributed by atoms with E-state index < -0.39 is 35.3 Å². The summed E-state index contributed by atoms with van der Waals surface area (Å²) in [4.78, 5) is 35.6. The average Bonchev–Trinajstić information content (AvgIpc) is 3.17. The molecular weight excluding hydrogens is 443 g/mol. The number of halogens is 1. The second-order valence-corrected chi connectivity index (χ2v) is 7.55. The smallest absolute Gasteiger partial charge is 0.340 e. The number of nitrogens with one attached hydrogen (secondary N) is 1. The number of nitro groups is 1. The molecule has 1 N–H and O–H groups in total. The van der Waals surface area contributed by atoms with E-state index >= 15 is 0 Å². The highest BCUT2D eigenvalue weighted by atomic mass is 32.2. The number of benzene rings is 2. The molecule has 3 rings (SSSR count). The third kappa shape index (κ3) is 5.63. The van der Waals surface area contributed by atoms with Crippen LogP contribution in [-0.4, -0.2) is 43.6 Å². The quantitative estimate of drug-likeness (QED) is 0.305. The summed E-state index contributed by atoms with van der Waals surface area (Å²) in [5, 5.41) is 25.1. The first-order chi connectivity index (χ1) is 15.2. The Labute approximate surface area is 185 Å². The Balaban J connectivity index is 1.69. The van der Waals surface area contributed by atoms with Crippen LogP contribution in [0.15, 0.2) is 52.5 Å². The van der Waals surface area contributed by atoms with Crippen molar-refractivity contribution in [1.29, 1.82) is 0 Å². The number of nitro benzene ring substituents is 1. The molecule has 0 unspecified atom stereocenters. The van der Waals surface area contributed by atoms with Crippen molar-refractivity contribution >= 4 is 29.3 Å². The molecule has 1 amide bonds. The molecule has 32 heavy (non-hydrogen) atoms. The van der Waals surface area contributed by atoms with Gasteiger partial charge in [0.1, 0.15) is 5.82 Å². The van der Waals surface area contributed by atoms with Crippen LogP contribution in [0, 0.1) is 15.9 Å². The molecule has 3 aromatic rings. The number of hydrogen-bond acceptors (Lipinski definition) is 9. The number of carbonyl (C=O) groups is 2. The van der Waals surface area contributed by atoms with Crippen LogP contribution < -0.4 is 5.32 Å². The third-order valence-corrected chi connectivity index (χ3v) is 5.36. The van der Waals surface area contributed by atoms with Crippen LogP contribution >= 0.6 is 11.8 Å². The molecule has 0 saturated heterocycles. The molecule has 166 valence electrons. The molecule has 0 saturated carbocycles. The summed E-state index contributed by atoms with van der Waals surface area (Å²) in [5.74, 6) is -1.91. The molecule has 0 aliphatic rings. The Morgan fingerprint density at radius 3 is 2.62 bits per heavy atom. The van der Waals surface area contributed by atoms with E-state index in [9.17, 15) is 24.1 Å². The van der Waals surface area contributed by atoms with E-state index in [1.165, 1.54) is 41.1 Å². The lowest BCUT2D eigenvalue weighted by Gasteiger charge is -2.14. The first-order valence-electron chi connectivity index (χ1n) is 9.15. The SMILES string of the molecule is C[C@@H](NC(=O)COC(=O)c1cc([N+](=O)[O-])ccc1Sc1nnnn1C)c1ccc(F)cc1. The van der Waals surface area contributed by atoms with Gasteiger partial charge in [-0.2, -0.15) is 0 Å². The minimum atomic E-state index is -0.920. The fourth-order valence-corrected chi connectivity index (χ4v) is 3.44. The predicted octanol–water partition coefficient (Wildman–Crippen LogP) is 2.44. The molecule has 2 aromatic carbocycles. The molecule has 1 heterocycles. The van der Waals surface area contributed by atoms with Crippen molar-refractivity contribution in [1.82, 2.24) is 25.5 Å². The third-order valence-electron chi connectivity index (χ3n) is 4.26. The lowest BCUT2D eigenvalue weighted by atomic mass is 10.1. The maximum atomic E-state index is 13.0. The zero-order valence-corrected chi connectivity index (χ0v) is 17.7. The molecule has 0 aliphatic heterocycles. The van der Waals surface area contributed by atoms with Gasteiger partial charge in [0, 0.05) is 24.1 Å². The normalized spacial score (nSPS) is 11.6. The van der Waals surface area contributed by atoms with Gasteiger partial charge in [-0.05, 0) is 52.9 Å². The van der Waals surface area contributed by atoms with Gasteiger partial charge in [0.2, 0.25) is 5.16 Å². The largest absolute Gasteiger partial charge is 0.452 e. The van der Waals surface area contributed by atoms with Gasteiger partial charge in [0.05, 0.1) is 16.5 Å². The second-order valence-electron chi connectivity index (χ2n) is 6.54. The van der Waals surface area contributed by atoms with Crippen molar-refractivity contribution in [2.45, 2.75) is 23.0 Å². The number of aryl methyl sites for hydroxylation is 1. The van der Waals surface area contributed by atoms with Gasteiger partial charge in [-0.1, -0.05) is 12.1 Å². The molecule has 0 spiro atoms. The minimum Gasteiger partial charge on any atom is -0.452 e. The lowest BCUT2D eigenvalue weighted by molar-refractivity contribution is -0.384. The lowest BCUT2D eigenvalue weighted by Crippen LogP contribution is -2.31. The number of hydrogen-bond donors (Lipinski definition) is 1. The fraction of sp³-hybridized carbons (Fsp3) is 0.211.